The summed E-state index contributed by atoms with van der Waals surface area (Å²) in [5, 5.41) is 0. The summed E-state index contributed by atoms with van der Waals surface area (Å²) < 4.78 is 0. The lowest BCUT2D eigenvalue weighted by Gasteiger charge is -2.06. The molecule has 2 heteroatoms. The molecule has 0 spiro atoms. The first-order valence-corrected chi connectivity index (χ1v) is 6.93. The van der Waals surface area contributed by atoms with E-state index in [0.717, 1.165) is 5.56 Å². The number of hydrogen-bond donors (Lipinski definition) is 0. The number of ketones is 1. The summed E-state index contributed by atoms with van der Waals surface area (Å²) >= 11 is 1.61. The van der Waals surface area contributed by atoms with Gasteiger partial charge in [-0.2, -0.15) is 0 Å². The smallest absolute Gasteiger partial charge is 0.173 e. The zero-order chi connectivity index (χ0) is 13.0. The van der Waals surface area contributed by atoms with Crippen LogP contribution in [-0.4, -0.2) is 11.5 Å². The minimum absolute atomic E-state index is 0.181. The summed E-state index contributed by atoms with van der Waals surface area (Å²) in [4.78, 5) is 13.2. The molecule has 0 heterocycles. The van der Waals surface area contributed by atoms with Gasteiger partial charge in [0.15, 0.2) is 5.78 Å². The molecule has 18 heavy (non-hydrogen) atoms. The van der Waals surface area contributed by atoms with Gasteiger partial charge in [0.1, 0.15) is 0 Å². The Kier molecular flexibility index (Phi) is 4.21. The third-order valence-electron chi connectivity index (χ3n) is 2.78. The van der Waals surface area contributed by atoms with E-state index >= 15 is 0 Å². The summed E-state index contributed by atoms with van der Waals surface area (Å²) in [5.41, 5.74) is 3.28. The van der Waals surface area contributed by atoms with Gasteiger partial charge in [-0.05, 0) is 25.5 Å². The van der Waals surface area contributed by atoms with Crippen molar-refractivity contribution in [2.75, 3.05) is 5.75 Å². The SMILES string of the molecule is Cc1ccc(SCC(=O)c2ccccc2)c(C)c1. The number of rotatable bonds is 4. The molecule has 92 valence electrons. The number of thioether (sulfide) groups is 1. The Morgan fingerprint density at radius 1 is 1.06 bits per heavy atom. The van der Waals surface area contributed by atoms with E-state index in [-0.39, 0.29) is 5.78 Å². The number of benzene rings is 2. The summed E-state index contributed by atoms with van der Waals surface area (Å²) in [6.07, 6.45) is 0. The molecule has 0 atom stereocenters. The molecule has 0 bridgehead atoms. The molecule has 0 aliphatic heterocycles. The largest absolute Gasteiger partial charge is 0.293 e. The van der Waals surface area contributed by atoms with Gasteiger partial charge in [0.2, 0.25) is 0 Å². The molecule has 2 aromatic rings. The van der Waals surface area contributed by atoms with Crippen molar-refractivity contribution in [3.05, 3.63) is 65.2 Å². The van der Waals surface area contributed by atoms with Gasteiger partial charge >= 0.3 is 0 Å². The highest BCUT2D eigenvalue weighted by Gasteiger charge is 2.07. The number of carbonyl (C=O) groups is 1. The zero-order valence-electron chi connectivity index (χ0n) is 10.6. The molecule has 2 aromatic carbocycles. The molecule has 0 fully saturated rings. The van der Waals surface area contributed by atoms with Crippen LogP contribution in [0.5, 0.6) is 0 Å². The highest BCUT2D eigenvalue weighted by Crippen LogP contribution is 2.23. The second-order valence-corrected chi connectivity index (χ2v) is 5.36. The molecule has 2 rings (SSSR count). The van der Waals surface area contributed by atoms with Gasteiger partial charge in [-0.1, -0.05) is 48.0 Å². The van der Waals surface area contributed by atoms with Gasteiger partial charge in [0.25, 0.3) is 0 Å². The van der Waals surface area contributed by atoms with Crippen molar-refractivity contribution in [1.82, 2.24) is 0 Å². The normalized spacial score (nSPS) is 10.3. The Morgan fingerprint density at radius 3 is 2.44 bits per heavy atom. The molecular formula is C16H16OS. The molecule has 0 saturated heterocycles. The van der Waals surface area contributed by atoms with Crippen LogP contribution in [0.1, 0.15) is 21.5 Å². The van der Waals surface area contributed by atoms with Crippen LogP contribution in [0.15, 0.2) is 53.4 Å². The van der Waals surface area contributed by atoms with E-state index in [0.29, 0.717) is 5.75 Å². The Balaban J connectivity index is 2.02. The highest BCUT2D eigenvalue weighted by atomic mass is 32.2. The fourth-order valence-corrected chi connectivity index (χ4v) is 2.72. The average Bonchev–Trinajstić information content (AvgIpc) is 2.38. The lowest BCUT2D eigenvalue weighted by Crippen LogP contribution is -2.01. The standard InChI is InChI=1S/C16H16OS/c1-12-8-9-16(13(2)10-12)18-11-15(17)14-6-4-3-5-7-14/h3-10H,11H2,1-2H3. The average molecular weight is 256 g/mol. The third kappa shape index (κ3) is 3.23. The predicted octanol–water partition coefficient (Wildman–Crippen LogP) is 4.28. The molecule has 0 aromatic heterocycles. The molecular weight excluding hydrogens is 240 g/mol. The van der Waals surface area contributed by atoms with Crippen molar-refractivity contribution in [1.29, 1.82) is 0 Å². The van der Waals surface area contributed by atoms with Crippen molar-refractivity contribution in [2.45, 2.75) is 18.7 Å². The van der Waals surface area contributed by atoms with Gasteiger partial charge in [0.05, 0.1) is 5.75 Å². The minimum Gasteiger partial charge on any atom is -0.293 e. The van der Waals surface area contributed by atoms with Crippen LogP contribution in [0.2, 0.25) is 0 Å². The van der Waals surface area contributed by atoms with Crippen LogP contribution in [0, 0.1) is 13.8 Å². The van der Waals surface area contributed by atoms with E-state index < -0.39 is 0 Å². The molecule has 0 amide bonds. The maximum Gasteiger partial charge on any atom is 0.173 e. The molecule has 0 aliphatic carbocycles. The van der Waals surface area contributed by atoms with Crippen LogP contribution in [0.25, 0.3) is 0 Å². The van der Waals surface area contributed by atoms with Crippen molar-refractivity contribution in [3.63, 3.8) is 0 Å². The van der Waals surface area contributed by atoms with Crippen molar-refractivity contribution >= 4 is 17.5 Å². The molecule has 0 unspecified atom stereocenters. The number of hydrogen-bond acceptors (Lipinski definition) is 2. The van der Waals surface area contributed by atoms with E-state index in [1.54, 1.807) is 11.8 Å². The van der Waals surface area contributed by atoms with Crippen LogP contribution >= 0.6 is 11.8 Å². The Hall–Kier alpha value is -1.54. The summed E-state index contributed by atoms with van der Waals surface area (Å²) in [6, 6.07) is 15.8. The Morgan fingerprint density at radius 2 is 1.78 bits per heavy atom. The van der Waals surface area contributed by atoms with Crippen LogP contribution in [0.3, 0.4) is 0 Å². The van der Waals surface area contributed by atoms with Gasteiger partial charge in [-0.15, -0.1) is 11.8 Å². The quantitative estimate of drug-likeness (QED) is 0.600. The number of Topliss-reactive ketones (excluding diaryl/α,β-unsaturated/α-hetero) is 1. The van der Waals surface area contributed by atoms with E-state index in [2.05, 4.69) is 32.0 Å². The molecule has 0 saturated carbocycles. The minimum atomic E-state index is 0.181. The molecule has 0 N–H and O–H groups in total. The van der Waals surface area contributed by atoms with E-state index in [4.69, 9.17) is 0 Å². The maximum absolute atomic E-state index is 12.0. The highest BCUT2D eigenvalue weighted by molar-refractivity contribution is 8.00. The number of carbonyl (C=O) groups excluding carboxylic acids is 1. The van der Waals surface area contributed by atoms with Gasteiger partial charge in [0, 0.05) is 10.5 Å². The Labute approximate surface area is 112 Å². The third-order valence-corrected chi connectivity index (χ3v) is 3.96. The summed E-state index contributed by atoms with van der Waals surface area (Å²) in [5.74, 6) is 0.675. The number of aryl methyl sites for hydroxylation is 2. The van der Waals surface area contributed by atoms with Gasteiger partial charge in [-0.3, -0.25) is 4.79 Å². The van der Waals surface area contributed by atoms with E-state index in [1.807, 2.05) is 30.3 Å². The fraction of sp³-hybridized carbons (Fsp3) is 0.188. The topological polar surface area (TPSA) is 17.1 Å². The van der Waals surface area contributed by atoms with E-state index in [1.165, 1.54) is 16.0 Å². The molecule has 0 aliphatic rings. The molecule has 1 nitrogen and oxygen atoms in total. The van der Waals surface area contributed by atoms with E-state index in [9.17, 15) is 4.79 Å². The van der Waals surface area contributed by atoms with Crippen LogP contribution in [-0.2, 0) is 0 Å². The summed E-state index contributed by atoms with van der Waals surface area (Å²) in [6.45, 7) is 4.17. The predicted molar refractivity (Wildman–Crippen MR) is 77.4 cm³/mol. The molecule has 0 radical (unpaired) electrons. The maximum atomic E-state index is 12.0. The zero-order valence-corrected chi connectivity index (χ0v) is 11.5. The summed E-state index contributed by atoms with van der Waals surface area (Å²) in [7, 11) is 0. The monoisotopic (exact) mass is 256 g/mol. The fourth-order valence-electron chi connectivity index (χ4n) is 1.81. The van der Waals surface area contributed by atoms with Crippen molar-refractivity contribution < 1.29 is 4.79 Å². The first-order chi connectivity index (χ1) is 8.66. The van der Waals surface area contributed by atoms with Gasteiger partial charge in [-0.25, -0.2) is 0 Å². The first kappa shape index (κ1) is 12.9. The lowest BCUT2D eigenvalue weighted by atomic mass is 10.1. The lowest BCUT2D eigenvalue weighted by molar-refractivity contribution is 0.102. The second kappa shape index (κ2) is 5.87. The second-order valence-electron chi connectivity index (χ2n) is 4.35. The van der Waals surface area contributed by atoms with Crippen LogP contribution in [0.4, 0.5) is 0 Å². The van der Waals surface area contributed by atoms with Crippen molar-refractivity contribution in [3.8, 4) is 0 Å². The van der Waals surface area contributed by atoms with Crippen LogP contribution < -0.4 is 0 Å². The first-order valence-electron chi connectivity index (χ1n) is 5.95. The Bertz CT molecular complexity index is 546. The van der Waals surface area contributed by atoms with Crippen molar-refractivity contribution in [2.24, 2.45) is 0 Å². The van der Waals surface area contributed by atoms with Gasteiger partial charge < -0.3 is 0 Å².